The van der Waals surface area contributed by atoms with E-state index in [4.69, 9.17) is 4.74 Å². The predicted molar refractivity (Wildman–Crippen MR) is 49.8 cm³/mol. The summed E-state index contributed by atoms with van der Waals surface area (Å²) < 4.78 is 5.21. The molecule has 0 aromatic rings. The fraction of sp³-hybridized carbons (Fsp3) is 0.800. The molecule has 0 saturated carbocycles. The third kappa shape index (κ3) is 1.54. The van der Waals surface area contributed by atoms with Crippen molar-refractivity contribution >= 4 is 11.8 Å². The van der Waals surface area contributed by atoms with Gasteiger partial charge in [-0.05, 0) is 7.05 Å². The van der Waals surface area contributed by atoms with Crippen molar-refractivity contribution in [1.29, 1.82) is 0 Å². The maximum absolute atomic E-state index is 11.3. The van der Waals surface area contributed by atoms with Gasteiger partial charge in [-0.2, -0.15) is 0 Å². The summed E-state index contributed by atoms with van der Waals surface area (Å²) in [5.74, 6) is 0.0520. The third-order valence-electron chi connectivity index (χ3n) is 3.25. The van der Waals surface area contributed by atoms with Crippen molar-refractivity contribution in [3.8, 4) is 0 Å². The van der Waals surface area contributed by atoms with Crippen molar-refractivity contribution in [3.05, 3.63) is 0 Å². The van der Waals surface area contributed by atoms with Crippen LogP contribution in [0.4, 0.5) is 0 Å². The summed E-state index contributed by atoms with van der Waals surface area (Å²) in [6.45, 7) is 1.42. The fourth-order valence-electron chi connectivity index (χ4n) is 2.55. The molecule has 0 spiro atoms. The van der Waals surface area contributed by atoms with Gasteiger partial charge in [-0.1, -0.05) is 0 Å². The van der Waals surface area contributed by atoms with Crippen molar-refractivity contribution in [2.24, 2.45) is 0 Å². The van der Waals surface area contributed by atoms with Crippen LogP contribution in [0.1, 0.15) is 26.2 Å². The van der Waals surface area contributed by atoms with E-state index in [-0.39, 0.29) is 24.2 Å². The number of esters is 1. The molecule has 3 atom stereocenters. The second-order valence-corrected chi connectivity index (χ2v) is 4.22. The number of hydrogen-bond donors (Lipinski definition) is 0. The smallest absolute Gasteiger partial charge is 0.302 e. The van der Waals surface area contributed by atoms with Gasteiger partial charge in [0.2, 0.25) is 0 Å². The highest BCUT2D eigenvalue weighted by molar-refractivity contribution is 5.81. The minimum Gasteiger partial charge on any atom is -0.461 e. The molecule has 4 nitrogen and oxygen atoms in total. The van der Waals surface area contributed by atoms with E-state index in [1.54, 1.807) is 0 Å². The lowest BCUT2D eigenvalue weighted by molar-refractivity contribution is -0.148. The lowest BCUT2D eigenvalue weighted by atomic mass is 10.0. The van der Waals surface area contributed by atoms with Crippen LogP contribution in [0.25, 0.3) is 0 Å². The SMILES string of the molecule is CC(=O)OC1C[C@@H]2CC(=O)CC1N2C. The molecule has 0 aromatic heterocycles. The molecule has 0 aromatic carbocycles. The van der Waals surface area contributed by atoms with Crippen LogP contribution in [0, 0.1) is 0 Å². The molecule has 0 amide bonds. The molecule has 0 aliphatic carbocycles. The molecule has 2 saturated heterocycles. The molecule has 2 aliphatic rings. The number of fused-ring (bicyclic) bond motifs is 2. The van der Waals surface area contributed by atoms with E-state index in [0.717, 1.165) is 6.42 Å². The molecule has 2 heterocycles. The number of ether oxygens (including phenoxy) is 1. The summed E-state index contributed by atoms with van der Waals surface area (Å²) in [6, 6.07) is 0.399. The standard InChI is InChI=1S/C10H15NO3/c1-6(12)14-10-4-7-3-8(13)5-9(10)11(7)2/h7,9-10H,3-5H2,1-2H3/t7-,9?,10?/m0/s1. The van der Waals surface area contributed by atoms with Crippen LogP contribution in [0.15, 0.2) is 0 Å². The first kappa shape index (κ1) is 9.65. The Morgan fingerprint density at radius 3 is 2.86 bits per heavy atom. The Morgan fingerprint density at radius 1 is 1.50 bits per heavy atom. The molecule has 0 radical (unpaired) electrons. The number of carbonyl (C=O) groups excluding carboxylic acids is 2. The largest absolute Gasteiger partial charge is 0.461 e. The van der Waals surface area contributed by atoms with Gasteiger partial charge in [0, 0.05) is 32.2 Å². The van der Waals surface area contributed by atoms with Crippen LogP contribution in [-0.2, 0) is 14.3 Å². The van der Waals surface area contributed by atoms with Crippen molar-refractivity contribution in [2.75, 3.05) is 7.05 Å². The second-order valence-electron chi connectivity index (χ2n) is 4.22. The molecule has 0 N–H and O–H groups in total. The summed E-state index contributed by atoms with van der Waals surface area (Å²) >= 11 is 0. The van der Waals surface area contributed by atoms with Crippen LogP contribution in [0.2, 0.25) is 0 Å². The van der Waals surface area contributed by atoms with E-state index in [2.05, 4.69) is 4.90 Å². The average molecular weight is 197 g/mol. The lowest BCUT2D eigenvalue weighted by Gasteiger charge is -2.30. The van der Waals surface area contributed by atoms with E-state index in [0.29, 0.717) is 18.6 Å². The van der Waals surface area contributed by atoms with Crippen LogP contribution < -0.4 is 0 Å². The van der Waals surface area contributed by atoms with Gasteiger partial charge in [0.05, 0.1) is 6.04 Å². The van der Waals surface area contributed by atoms with Crippen LogP contribution in [-0.4, -0.2) is 41.9 Å². The first-order valence-electron chi connectivity index (χ1n) is 4.99. The molecule has 78 valence electrons. The lowest BCUT2D eigenvalue weighted by Crippen LogP contribution is -2.43. The molecule has 2 unspecified atom stereocenters. The third-order valence-corrected chi connectivity index (χ3v) is 3.25. The van der Waals surface area contributed by atoms with Gasteiger partial charge in [0.15, 0.2) is 0 Å². The van der Waals surface area contributed by atoms with E-state index >= 15 is 0 Å². The van der Waals surface area contributed by atoms with E-state index < -0.39 is 0 Å². The Balaban J connectivity index is 2.09. The maximum atomic E-state index is 11.3. The summed E-state index contributed by atoms with van der Waals surface area (Å²) in [5.41, 5.74) is 0. The summed E-state index contributed by atoms with van der Waals surface area (Å²) in [7, 11) is 2.01. The highest BCUT2D eigenvalue weighted by Gasteiger charge is 2.45. The maximum Gasteiger partial charge on any atom is 0.302 e. The highest BCUT2D eigenvalue weighted by atomic mass is 16.5. The number of nitrogens with zero attached hydrogens (tertiary/aromatic N) is 1. The Bertz CT molecular complexity index is 277. The number of piperidine rings is 1. The number of likely N-dealkylation sites (N-methyl/N-ethyl adjacent to an activating group) is 1. The van der Waals surface area contributed by atoms with Gasteiger partial charge in [0.1, 0.15) is 11.9 Å². The molecule has 14 heavy (non-hydrogen) atoms. The minimum atomic E-state index is -0.247. The molecule has 2 bridgehead atoms. The predicted octanol–water partition coefficient (Wildman–Crippen LogP) is 0.354. The number of rotatable bonds is 1. The minimum absolute atomic E-state index is 0.0750. The molecule has 4 heteroatoms. The quantitative estimate of drug-likeness (QED) is 0.569. The zero-order chi connectivity index (χ0) is 10.3. The highest BCUT2D eigenvalue weighted by Crippen LogP contribution is 2.34. The number of Topliss-reactive ketones (excluding diaryl/α,β-unsaturated/α-hetero) is 1. The average Bonchev–Trinajstić information content (AvgIpc) is 2.30. The van der Waals surface area contributed by atoms with Gasteiger partial charge in [-0.25, -0.2) is 0 Å². The van der Waals surface area contributed by atoms with Gasteiger partial charge in [-0.15, -0.1) is 0 Å². The van der Waals surface area contributed by atoms with Crippen LogP contribution in [0.3, 0.4) is 0 Å². The van der Waals surface area contributed by atoms with E-state index in [1.807, 2.05) is 7.05 Å². The van der Waals surface area contributed by atoms with Crippen LogP contribution in [0.5, 0.6) is 0 Å². The monoisotopic (exact) mass is 197 g/mol. The van der Waals surface area contributed by atoms with E-state index in [1.165, 1.54) is 6.92 Å². The first-order valence-corrected chi connectivity index (χ1v) is 4.99. The zero-order valence-electron chi connectivity index (χ0n) is 8.53. The summed E-state index contributed by atoms with van der Waals surface area (Å²) in [4.78, 5) is 24.4. The van der Waals surface area contributed by atoms with Gasteiger partial charge >= 0.3 is 5.97 Å². The summed E-state index contributed by atoms with van der Waals surface area (Å²) in [6.07, 6.45) is 1.89. The molecule has 2 aliphatic heterocycles. The first-order chi connectivity index (χ1) is 6.58. The number of carbonyl (C=O) groups is 2. The molecular formula is C10H15NO3. The Kier molecular flexibility index (Phi) is 2.31. The van der Waals surface area contributed by atoms with E-state index in [9.17, 15) is 9.59 Å². The molecule has 2 rings (SSSR count). The Hall–Kier alpha value is -0.900. The Labute approximate surface area is 83.2 Å². The van der Waals surface area contributed by atoms with Gasteiger partial charge < -0.3 is 4.74 Å². The normalized spacial score (nSPS) is 37.3. The summed E-state index contributed by atoms with van der Waals surface area (Å²) in [5, 5.41) is 0. The van der Waals surface area contributed by atoms with Crippen molar-refractivity contribution < 1.29 is 14.3 Å². The zero-order valence-corrected chi connectivity index (χ0v) is 8.53. The topological polar surface area (TPSA) is 46.6 Å². The van der Waals surface area contributed by atoms with Gasteiger partial charge in [-0.3, -0.25) is 14.5 Å². The number of ketones is 1. The molecular weight excluding hydrogens is 182 g/mol. The Morgan fingerprint density at radius 2 is 2.21 bits per heavy atom. The fourth-order valence-corrected chi connectivity index (χ4v) is 2.55. The number of hydrogen-bond acceptors (Lipinski definition) is 4. The van der Waals surface area contributed by atoms with Crippen molar-refractivity contribution in [2.45, 2.75) is 44.4 Å². The molecule has 2 fully saturated rings. The van der Waals surface area contributed by atoms with Crippen molar-refractivity contribution in [1.82, 2.24) is 4.90 Å². The van der Waals surface area contributed by atoms with Crippen molar-refractivity contribution in [3.63, 3.8) is 0 Å². The van der Waals surface area contributed by atoms with Gasteiger partial charge in [0.25, 0.3) is 0 Å². The second kappa shape index (κ2) is 3.35. The van der Waals surface area contributed by atoms with Crippen LogP contribution >= 0.6 is 0 Å².